The van der Waals surface area contributed by atoms with Gasteiger partial charge in [-0.2, -0.15) is 0 Å². The van der Waals surface area contributed by atoms with Gasteiger partial charge in [0.05, 0.1) is 11.3 Å². The van der Waals surface area contributed by atoms with E-state index >= 15 is 0 Å². The Hall–Kier alpha value is -3.61. The molecular weight excluding hydrogens is 380 g/mol. The Bertz CT molecular complexity index is 1120. The number of carbonyl (C=O) groups excluding carboxylic acids is 3. The molecule has 0 spiro atoms. The Morgan fingerprint density at radius 2 is 1.93 bits per heavy atom. The van der Waals surface area contributed by atoms with E-state index in [4.69, 9.17) is 0 Å². The second-order valence-electron chi connectivity index (χ2n) is 7.47. The maximum atomic E-state index is 12.4. The van der Waals surface area contributed by atoms with Gasteiger partial charge in [-0.1, -0.05) is 24.3 Å². The molecule has 0 aliphatic carbocycles. The van der Waals surface area contributed by atoms with E-state index in [0.717, 1.165) is 5.52 Å². The molecule has 2 heterocycles. The Kier molecular flexibility index (Phi) is 5.52. The second kappa shape index (κ2) is 8.41. The molecule has 3 amide bonds. The smallest absolute Gasteiger partial charge is 0.254 e. The number of fused-ring (bicyclic) bond motifs is 2. The summed E-state index contributed by atoms with van der Waals surface area (Å²) in [5, 5.41) is 9.56. The number of hydrogen-bond donors (Lipinski definition) is 3. The standard InChI is InChI=1S/C23H24N4O3/c1-15-5-4-8-20-16(15)11-13-27(20)14-12-24-21(28)10-9-19-23(30)25-18-7-3-2-6-17(18)22(29)26-19/h2-8,11,13,19H,9-10,12,14H2,1H3,(H,24,28)(H,25,30)(H,26,29)/t19-/m1/s1. The molecule has 0 saturated carbocycles. The van der Waals surface area contributed by atoms with Crippen molar-refractivity contribution in [2.45, 2.75) is 32.4 Å². The minimum Gasteiger partial charge on any atom is -0.354 e. The minimum absolute atomic E-state index is 0.147. The van der Waals surface area contributed by atoms with Gasteiger partial charge in [-0.05, 0) is 43.2 Å². The highest BCUT2D eigenvalue weighted by Gasteiger charge is 2.27. The van der Waals surface area contributed by atoms with Crippen molar-refractivity contribution in [3.63, 3.8) is 0 Å². The molecule has 0 unspecified atom stereocenters. The van der Waals surface area contributed by atoms with Crippen molar-refractivity contribution >= 4 is 34.3 Å². The fourth-order valence-corrected chi connectivity index (χ4v) is 3.77. The normalized spacial score (nSPS) is 15.8. The molecule has 3 aromatic rings. The van der Waals surface area contributed by atoms with Crippen LogP contribution in [-0.4, -0.2) is 34.9 Å². The van der Waals surface area contributed by atoms with Gasteiger partial charge in [0.2, 0.25) is 11.8 Å². The fraction of sp³-hybridized carbons (Fsp3) is 0.261. The van der Waals surface area contributed by atoms with Crippen LogP contribution in [0.1, 0.15) is 28.8 Å². The van der Waals surface area contributed by atoms with Crippen LogP contribution in [0.5, 0.6) is 0 Å². The van der Waals surface area contributed by atoms with E-state index in [-0.39, 0.29) is 30.6 Å². The summed E-state index contributed by atoms with van der Waals surface area (Å²) in [7, 11) is 0. The molecule has 2 aromatic carbocycles. The number of aryl methyl sites for hydroxylation is 1. The van der Waals surface area contributed by atoms with E-state index in [1.165, 1.54) is 10.9 Å². The van der Waals surface area contributed by atoms with Crippen LogP contribution in [0.3, 0.4) is 0 Å². The van der Waals surface area contributed by atoms with E-state index in [0.29, 0.717) is 24.3 Å². The first-order valence-electron chi connectivity index (χ1n) is 10.0. The summed E-state index contributed by atoms with van der Waals surface area (Å²) in [4.78, 5) is 37.0. The number of benzene rings is 2. The summed E-state index contributed by atoms with van der Waals surface area (Å²) in [6.07, 6.45) is 2.41. The summed E-state index contributed by atoms with van der Waals surface area (Å²) in [6.45, 7) is 3.23. The summed E-state index contributed by atoms with van der Waals surface area (Å²) >= 11 is 0. The van der Waals surface area contributed by atoms with Crippen LogP contribution in [-0.2, 0) is 16.1 Å². The van der Waals surface area contributed by atoms with Gasteiger partial charge >= 0.3 is 0 Å². The minimum atomic E-state index is -0.744. The highest BCUT2D eigenvalue weighted by Crippen LogP contribution is 2.20. The van der Waals surface area contributed by atoms with Gasteiger partial charge in [-0.15, -0.1) is 0 Å². The maximum Gasteiger partial charge on any atom is 0.254 e. The number of anilines is 1. The summed E-state index contributed by atoms with van der Waals surface area (Å²) in [5.74, 6) is -0.772. The van der Waals surface area contributed by atoms with Crippen LogP contribution in [0.4, 0.5) is 5.69 Å². The quantitative estimate of drug-likeness (QED) is 0.590. The molecule has 1 aromatic heterocycles. The zero-order valence-corrected chi connectivity index (χ0v) is 16.8. The molecule has 1 aliphatic heterocycles. The predicted molar refractivity (Wildman–Crippen MR) is 115 cm³/mol. The van der Waals surface area contributed by atoms with Crippen molar-refractivity contribution in [2.75, 3.05) is 11.9 Å². The maximum absolute atomic E-state index is 12.4. The first-order chi connectivity index (χ1) is 14.5. The first-order valence-corrected chi connectivity index (χ1v) is 10.0. The molecule has 7 heteroatoms. The Morgan fingerprint density at radius 3 is 2.80 bits per heavy atom. The monoisotopic (exact) mass is 404 g/mol. The van der Waals surface area contributed by atoms with Gasteiger partial charge in [0.25, 0.3) is 5.91 Å². The molecule has 0 bridgehead atoms. The van der Waals surface area contributed by atoms with Crippen LogP contribution < -0.4 is 16.0 Å². The second-order valence-corrected chi connectivity index (χ2v) is 7.47. The van der Waals surface area contributed by atoms with E-state index in [1.807, 2.05) is 12.3 Å². The van der Waals surface area contributed by atoms with Crippen molar-refractivity contribution in [1.82, 2.24) is 15.2 Å². The largest absolute Gasteiger partial charge is 0.354 e. The number of nitrogens with zero attached hydrogens (tertiary/aromatic N) is 1. The molecule has 0 saturated heterocycles. The lowest BCUT2D eigenvalue weighted by Crippen LogP contribution is -2.42. The number of amides is 3. The molecule has 154 valence electrons. The summed E-state index contributed by atoms with van der Waals surface area (Å²) < 4.78 is 2.11. The average Bonchev–Trinajstić information content (AvgIpc) is 3.10. The highest BCUT2D eigenvalue weighted by molar-refractivity contribution is 6.09. The topological polar surface area (TPSA) is 92.2 Å². The predicted octanol–water partition coefficient (Wildman–Crippen LogP) is 2.60. The van der Waals surface area contributed by atoms with Gasteiger partial charge in [-0.3, -0.25) is 14.4 Å². The van der Waals surface area contributed by atoms with Crippen molar-refractivity contribution in [3.8, 4) is 0 Å². The van der Waals surface area contributed by atoms with Crippen LogP contribution in [0.2, 0.25) is 0 Å². The van der Waals surface area contributed by atoms with E-state index in [9.17, 15) is 14.4 Å². The zero-order chi connectivity index (χ0) is 21.1. The van der Waals surface area contributed by atoms with Crippen molar-refractivity contribution in [3.05, 3.63) is 65.9 Å². The SMILES string of the molecule is Cc1cccc2c1ccn2CCNC(=O)CC[C@H]1NC(=O)c2ccccc2NC1=O. The molecule has 0 radical (unpaired) electrons. The fourth-order valence-electron chi connectivity index (χ4n) is 3.77. The Labute approximate surface area is 174 Å². The molecular formula is C23H24N4O3. The number of carbonyl (C=O) groups is 3. The summed E-state index contributed by atoms with van der Waals surface area (Å²) in [6, 6.07) is 14.4. The van der Waals surface area contributed by atoms with Gasteiger partial charge in [0, 0.05) is 36.6 Å². The van der Waals surface area contributed by atoms with E-state index < -0.39 is 6.04 Å². The average molecular weight is 404 g/mol. The lowest BCUT2D eigenvalue weighted by Gasteiger charge is -2.14. The van der Waals surface area contributed by atoms with E-state index in [1.54, 1.807) is 24.3 Å². The van der Waals surface area contributed by atoms with Crippen molar-refractivity contribution in [1.29, 1.82) is 0 Å². The molecule has 30 heavy (non-hydrogen) atoms. The first kappa shape index (κ1) is 19.7. The van der Waals surface area contributed by atoms with Gasteiger partial charge in [-0.25, -0.2) is 0 Å². The zero-order valence-electron chi connectivity index (χ0n) is 16.8. The number of rotatable bonds is 6. The third kappa shape index (κ3) is 4.05. The highest BCUT2D eigenvalue weighted by atomic mass is 16.2. The molecule has 3 N–H and O–H groups in total. The molecule has 1 atom stereocenters. The van der Waals surface area contributed by atoms with E-state index in [2.05, 4.69) is 45.6 Å². The van der Waals surface area contributed by atoms with Gasteiger partial charge in [0.1, 0.15) is 6.04 Å². The Balaban J connectivity index is 1.28. The number of para-hydroxylation sites is 1. The third-order valence-corrected chi connectivity index (χ3v) is 5.42. The molecule has 0 fully saturated rings. The van der Waals surface area contributed by atoms with Crippen LogP contribution >= 0.6 is 0 Å². The number of aromatic nitrogens is 1. The van der Waals surface area contributed by atoms with Crippen LogP contribution in [0.15, 0.2) is 54.7 Å². The summed E-state index contributed by atoms with van der Waals surface area (Å²) in [5.41, 5.74) is 3.27. The molecule has 4 rings (SSSR count). The number of hydrogen-bond acceptors (Lipinski definition) is 3. The van der Waals surface area contributed by atoms with Gasteiger partial charge < -0.3 is 20.5 Å². The van der Waals surface area contributed by atoms with Crippen molar-refractivity contribution < 1.29 is 14.4 Å². The molecule has 7 nitrogen and oxygen atoms in total. The van der Waals surface area contributed by atoms with Crippen molar-refractivity contribution in [2.24, 2.45) is 0 Å². The van der Waals surface area contributed by atoms with Gasteiger partial charge in [0.15, 0.2) is 0 Å². The number of nitrogens with one attached hydrogen (secondary N) is 3. The lowest BCUT2D eigenvalue weighted by molar-refractivity contribution is -0.121. The third-order valence-electron chi connectivity index (χ3n) is 5.42. The molecule has 1 aliphatic rings. The van der Waals surface area contributed by atoms with Crippen LogP contribution in [0, 0.1) is 6.92 Å². The Morgan fingerprint density at radius 1 is 1.10 bits per heavy atom. The lowest BCUT2D eigenvalue weighted by atomic mass is 10.1. The van der Waals surface area contributed by atoms with Crippen LogP contribution in [0.25, 0.3) is 10.9 Å².